The van der Waals surface area contributed by atoms with E-state index in [0.29, 0.717) is 24.1 Å². The molecule has 110 valence electrons. The molecule has 1 aromatic carbocycles. The van der Waals surface area contributed by atoms with E-state index in [4.69, 9.17) is 0 Å². The Morgan fingerprint density at radius 1 is 1.27 bits per heavy atom. The molecule has 6 nitrogen and oxygen atoms in total. The topological polar surface area (TPSA) is 65.6 Å². The molecule has 0 aliphatic carbocycles. The molecule has 3 heterocycles. The number of alkyl halides is 1. The number of aldehydes is 1. The standard InChI is InChI=1S/C15H12FN5O/c16-12-6-13(11-4-2-1-3-5-11)21-14(12)18-15(19-21)20-8-10(9-22)7-17-20/h1-5,7-9,12-13H,6H2/t12-,13-/m0/s1. The molecule has 0 saturated carbocycles. The van der Waals surface area contributed by atoms with Gasteiger partial charge in [0.15, 0.2) is 18.3 Å². The van der Waals surface area contributed by atoms with E-state index in [1.54, 1.807) is 4.68 Å². The van der Waals surface area contributed by atoms with Gasteiger partial charge in [0.05, 0.1) is 17.8 Å². The fraction of sp³-hybridized carbons (Fsp3) is 0.200. The minimum absolute atomic E-state index is 0.173. The van der Waals surface area contributed by atoms with E-state index in [0.717, 1.165) is 5.56 Å². The molecule has 0 fully saturated rings. The summed E-state index contributed by atoms with van der Waals surface area (Å²) in [5.74, 6) is 0.568. The van der Waals surface area contributed by atoms with Crippen molar-refractivity contribution in [1.82, 2.24) is 24.5 Å². The first-order valence-electron chi connectivity index (χ1n) is 6.92. The van der Waals surface area contributed by atoms with Gasteiger partial charge in [-0.15, -0.1) is 5.10 Å². The number of halogens is 1. The summed E-state index contributed by atoms with van der Waals surface area (Å²) in [5, 5.41) is 8.38. The Hall–Kier alpha value is -2.83. The van der Waals surface area contributed by atoms with Gasteiger partial charge in [0, 0.05) is 12.6 Å². The van der Waals surface area contributed by atoms with Gasteiger partial charge in [-0.1, -0.05) is 30.3 Å². The Morgan fingerprint density at radius 3 is 2.82 bits per heavy atom. The van der Waals surface area contributed by atoms with Crippen LogP contribution in [-0.2, 0) is 0 Å². The fourth-order valence-electron chi connectivity index (χ4n) is 2.72. The second kappa shape index (κ2) is 4.87. The Morgan fingerprint density at radius 2 is 2.09 bits per heavy atom. The van der Waals surface area contributed by atoms with Crippen molar-refractivity contribution in [3.63, 3.8) is 0 Å². The van der Waals surface area contributed by atoms with Gasteiger partial charge in [-0.25, -0.2) is 13.8 Å². The number of carbonyl (C=O) groups is 1. The zero-order valence-electron chi connectivity index (χ0n) is 11.5. The van der Waals surface area contributed by atoms with E-state index in [1.807, 2.05) is 30.3 Å². The van der Waals surface area contributed by atoms with Crippen molar-refractivity contribution >= 4 is 6.29 Å². The van der Waals surface area contributed by atoms with Gasteiger partial charge in [0.1, 0.15) is 0 Å². The summed E-state index contributed by atoms with van der Waals surface area (Å²) in [6.45, 7) is 0. The molecule has 4 rings (SSSR count). The normalized spacial score (nSPS) is 20.0. The number of rotatable bonds is 3. The van der Waals surface area contributed by atoms with Crippen LogP contribution >= 0.6 is 0 Å². The van der Waals surface area contributed by atoms with Crippen molar-refractivity contribution in [2.24, 2.45) is 0 Å². The second-order valence-corrected chi connectivity index (χ2v) is 5.18. The van der Waals surface area contributed by atoms with Crippen LogP contribution in [0.25, 0.3) is 5.95 Å². The van der Waals surface area contributed by atoms with Crippen molar-refractivity contribution in [3.8, 4) is 5.95 Å². The molecule has 0 unspecified atom stereocenters. The molecular formula is C15H12FN5O. The largest absolute Gasteiger partial charge is 0.298 e. The van der Waals surface area contributed by atoms with Gasteiger partial charge in [0.2, 0.25) is 0 Å². The highest BCUT2D eigenvalue weighted by atomic mass is 19.1. The van der Waals surface area contributed by atoms with Crippen LogP contribution in [0.4, 0.5) is 4.39 Å². The van der Waals surface area contributed by atoms with Crippen LogP contribution in [0, 0.1) is 0 Å². The third-order valence-corrected chi connectivity index (χ3v) is 3.78. The van der Waals surface area contributed by atoms with E-state index in [-0.39, 0.29) is 12.0 Å². The highest BCUT2D eigenvalue weighted by Gasteiger charge is 2.35. The zero-order valence-corrected chi connectivity index (χ0v) is 11.5. The Kier molecular flexibility index (Phi) is 2.85. The van der Waals surface area contributed by atoms with Crippen LogP contribution in [0.15, 0.2) is 42.7 Å². The van der Waals surface area contributed by atoms with E-state index < -0.39 is 6.17 Å². The van der Waals surface area contributed by atoms with Crippen molar-refractivity contribution in [1.29, 1.82) is 0 Å². The summed E-state index contributed by atoms with van der Waals surface area (Å²) < 4.78 is 17.2. The molecule has 7 heteroatoms. The van der Waals surface area contributed by atoms with Crippen LogP contribution in [0.3, 0.4) is 0 Å². The predicted octanol–water partition coefficient (Wildman–Crippen LogP) is 2.28. The first-order valence-corrected chi connectivity index (χ1v) is 6.92. The maximum atomic E-state index is 14.2. The smallest absolute Gasteiger partial charge is 0.269 e. The summed E-state index contributed by atoms with van der Waals surface area (Å²) in [7, 11) is 0. The molecule has 1 aliphatic rings. The van der Waals surface area contributed by atoms with Gasteiger partial charge >= 0.3 is 0 Å². The number of fused-ring (bicyclic) bond motifs is 1. The minimum Gasteiger partial charge on any atom is -0.298 e. The molecule has 0 amide bonds. The lowest BCUT2D eigenvalue weighted by molar-refractivity contribution is 0.112. The highest BCUT2D eigenvalue weighted by Crippen LogP contribution is 2.39. The summed E-state index contributed by atoms with van der Waals surface area (Å²) in [4.78, 5) is 14.9. The average molecular weight is 297 g/mol. The lowest BCUT2D eigenvalue weighted by Crippen LogP contribution is -2.08. The van der Waals surface area contributed by atoms with E-state index in [1.165, 1.54) is 17.1 Å². The van der Waals surface area contributed by atoms with Gasteiger partial charge in [-0.3, -0.25) is 4.79 Å². The molecule has 1 aliphatic heterocycles. The van der Waals surface area contributed by atoms with Gasteiger partial charge in [-0.05, 0) is 5.56 Å². The molecule has 22 heavy (non-hydrogen) atoms. The maximum absolute atomic E-state index is 14.2. The molecule has 0 N–H and O–H groups in total. The number of hydrogen-bond acceptors (Lipinski definition) is 4. The molecule has 0 spiro atoms. The molecule has 0 saturated heterocycles. The monoisotopic (exact) mass is 297 g/mol. The lowest BCUT2D eigenvalue weighted by atomic mass is 10.0. The molecule has 3 aromatic rings. The van der Waals surface area contributed by atoms with Gasteiger partial charge < -0.3 is 0 Å². The summed E-state index contributed by atoms with van der Waals surface area (Å²) >= 11 is 0. The average Bonchev–Trinajstić information content (AvgIpc) is 3.24. The first kappa shape index (κ1) is 12.9. The van der Waals surface area contributed by atoms with Crippen LogP contribution in [-0.4, -0.2) is 30.8 Å². The van der Waals surface area contributed by atoms with Crippen molar-refractivity contribution < 1.29 is 9.18 Å². The third-order valence-electron chi connectivity index (χ3n) is 3.78. The Balaban J connectivity index is 1.76. The Labute approximate surface area is 125 Å². The van der Waals surface area contributed by atoms with Crippen molar-refractivity contribution in [2.75, 3.05) is 0 Å². The highest BCUT2D eigenvalue weighted by molar-refractivity contribution is 5.73. The first-order chi connectivity index (χ1) is 10.8. The fourth-order valence-corrected chi connectivity index (χ4v) is 2.72. The van der Waals surface area contributed by atoms with Crippen LogP contribution < -0.4 is 0 Å². The summed E-state index contributed by atoms with van der Waals surface area (Å²) in [6.07, 6.45) is 2.80. The molecule has 2 atom stereocenters. The zero-order chi connectivity index (χ0) is 15.1. The molecule has 0 bridgehead atoms. The lowest BCUT2D eigenvalue weighted by Gasteiger charge is -2.11. The Bertz CT molecular complexity index is 826. The predicted molar refractivity (Wildman–Crippen MR) is 75.6 cm³/mol. The van der Waals surface area contributed by atoms with Gasteiger partial charge in [0.25, 0.3) is 5.95 Å². The summed E-state index contributed by atoms with van der Waals surface area (Å²) in [5.41, 5.74) is 1.42. The third kappa shape index (κ3) is 1.93. The number of carbonyl (C=O) groups excluding carboxylic acids is 1. The van der Waals surface area contributed by atoms with Crippen LogP contribution in [0.2, 0.25) is 0 Å². The van der Waals surface area contributed by atoms with Gasteiger partial charge in [-0.2, -0.15) is 10.1 Å². The number of benzene rings is 1. The molecular weight excluding hydrogens is 285 g/mol. The molecule has 0 radical (unpaired) electrons. The second-order valence-electron chi connectivity index (χ2n) is 5.18. The quantitative estimate of drug-likeness (QED) is 0.696. The van der Waals surface area contributed by atoms with E-state index >= 15 is 0 Å². The summed E-state index contributed by atoms with van der Waals surface area (Å²) in [6, 6.07) is 9.49. The van der Waals surface area contributed by atoms with Crippen LogP contribution in [0.1, 0.15) is 40.4 Å². The van der Waals surface area contributed by atoms with Crippen LogP contribution in [0.5, 0.6) is 0 Å². The SMILES string of the molecule is O=Cc1cnn(-c2nc3n(n2)[C@H](c2ccccc2)C[C@@H]3F)c1. The maximum Gasteiger partial charge on any atom is 0.269 e. The number of hydrogen-bond donors (Lipinski definition) is 0. The van der Waals surface area contributed by atoms with E-state index in [2.05, 4.69) is 15.2 Å². The minimum atomic E-state index is -1.16. The van der Waals surface area contributed by atoms with Crippen molar-refractivity contribution in [2.45, 2.75) is 18.6 Å². The molecule has 2 aromatic heterocycles. The number of aromatic nitrogens is 5. The number of nitrogens with zero attached hydrogens (tertiary/aromatic N) is 5. The van der Waals surface area contributed by atoms with E-state index in [9.17, 15) is 9.18 Å². The van der Waals surface area contributed by atoms with Crippen molar-refractivity contribution in [3.05, 3.63) is 59.7 Å².